The Bertz CT molecular complexity index is 763. The summed E-state index contributed by atoms with van der Waals surface area (Å²) in [6.07, 6.45) is 6.82. The molecule has 4 nitrogen and oxygen atoms in total. The summed E-state index contributed by atoms with van der Waals surface area (Å²) < 4.78 is 5.90. The Morgan fingerprint density at radius 1 is 1.23 bits per heavy atom. The second-order valence-electron chi connectivity index (χ2n) is 7.47. The van der Waals surface area contributed by atoms with E-state index < -0.39 is 0 Å². The van der Waals surface area contributed by atoms with Gasteiger partial charge in [0.2, 0.25) is 5.91 Å². The van der Waals surface area contributed by atoms with Gasteiger partial charge in [0, 0.05) is 17.3 Å². The lowest BCUT2D eigenvalue weighted by atomic mass is 10.1. The van der Waals surface area contributed by atoms with Gasteiger partial charge in [-0.05, 0) is 44.2 Å². The monoisotopic (exact) mass is 370 g/mol. The standard InChI is InChI=1S/C21H26N2O2S/c1-15-6-2-5-9-19(15)25-13-20-22-17(14-26-20)12-23(18-10-11-18)21(24)16-7-3-4-8-16/h2,5-6,9,14,16,18H,3-4,7-8,10-13H2,1H3. The van der Waals surface area contributed by atoms with Gasteiger partial charge in [-0.15, -0.1) is 11.3 Å². The van der Waals surface area contributed by atoms with E-state index in [9.17, 15) is 4.79 Å². The van der Waals surface area contributed by atoms with Crippen LogP contribution in [0.1, 0.15) is 54.8 Å². The molecule has 1 aromatic carbocycles. The summed E-state index contributed by atoms with van der Waals surface area (Å²) in [7, 11) is 0. The van der Waals surface area contributed by atoms with Gasteiger partial charge in [0.25, 0.3) is 0 Å². The number of ether oxygens (including phenoxy) is 1. The zero-order valence-corrected chi connectivity index (χ0v) is 16.1. The molecule has 0 spiro atoms. The molecule has 4 rings (SSSR count). The van der Waals surface area contributed by atoms with Gasteiger partial charge >= 0.3 is 0 Å². The van der Waals surface area contributed by atoms with E-state index in [4.69, 9.17) is 9.72 Å². The average molecular weight is 371 g/mol. The largest absolute Gasteiger partial charge is 0.486 e. The molecule has 1 aromatic heterocycles. The van der Waals surface area contributed by atoms with Crippen molar-refractivity contribution in [3.8, 4) is 5.75 Å². The van der Waals surface area contributed by atoms with E-state index in [1.165, 1.54) is 12.8 Å². The van der Waals surface area contributed by atoms with Crippen LogP contribution in [0.15, 0.2) is 29.6 Å². The van der Waals surface area contributed by atoms with E-state index in [2.05, 4.69) is 10.3 Å². The second-order valence-corrected chi connectivity index (χ2v) is 8.41. The molecule has 0 aliphatic heterocycles. The number of benzene rings is 1. The summed E-state index contributed by atoms with van der Waals surface area (Å²) in [5.74, 6) is 1.51. The van der Waals surface area contributed by atoms with Gasteiger partial charge in [0.15, 0.2) is 0 Å². The number of aryl methyl sites for hydroxylation is 1. The minimum Gasteiger partial charge on any atom is -0.486 e. The number of thiazole rings is 1. The lowest BCUT2D eigenvalue weighted by Gasteiger charge is -2.24. The van der Waals surface area contributed by atoms with Crippen molar-refractivity contribution in [2.24, 2.45) is 5.92 Å². The maximum Gasteiger partial charge on any atom is 0.226 e. The summed E-state index contributed by atoms with van der Waals surface area (Å²) in [5.41, 5.74) is 2.13. The highest BCUT2D eigenvalue weighted by atomic mass is 32.1. The fourth-order valence-corrected chi connectivity index (χ4v) is 4.40. The lowest BCUT2D eigenvalue weighted by Crippen LogP contribution is -2.36. The highest BCUT2D eigenvalue weighted by molar-refractivity contribution is 7.09. The number of aromatic nitrogens is 1. The lowest BCUT2D eigenvalue weighted by molar-refractivity contribution is -0.136. The van der Waals surface area contributed by atoms with Gasteiger partial charge in [-0.25, -0.2) is 4.98 Å². The number of para-hydroxylation sites is 1. The third-order valence-corrected chi connectivity index (χ3v) is 6.22. The van der Waals surface area contributed by atoms with Gasteiger partial charge in [0.05, 0.1) is 12.2 Å². The highest BCUT2D eigenvalue weighted by Gasteiger charge is 2.36. The molecule has 0 N–H and O–H groups in total. The van der Waals surface area contributed by atoms with E-state index in [0.717, 1.165) is 47.7 Å². The number of nitrogens with zero attached hydrogens (tertiary/aromatic N) is 2. The van der Waals surface area contributed by atoms with Crippen molar-refractivity contribution in [2.45, 2.75) is 64.6 Å². The Morgan fingerprint density at radius 3 is 2.73 bits per heavy atom. The summed E-state index contributed by atoms with van der Waals surface area (Å²) >= 11 is 1.62. The van der Waals surface area contributed by atoms with Gasteiger partial charge in [-0.2, -0.15) is 0 Å². The number of rotatable bonds is 7. The molecule has 0 bridgehead atoms. The molecule has 2 fully saturated rings. The number of hydrogen-bond acceptors (Lipinski definition) is 4. The quantitative estimate of drug-likeness (QED) is 0.709. The minimum atomic E-state index is 0.248. The molecule has 26 heavy (non-hydrogen) atoms. The first-order valence-corrected chi connectivity index (χ1v) is 10.5. The van der Waals surface area contributed by atoms with E-state index >= 15 is 0 Å². The molecule has 2 aliphatic rings. The maximum atomic E-state index is 12.9. The van der Waals surface area contributed by atoms with Gasteiger partial charge < -0.3 is 9.64 Å². The molecule has 2 aromatic rings. The fourth-order valence-electron chi connectivity index (χ4n) is 3.70. The molecule has 1 amide bonds. The van der Waals surface area contributed by atoms with E-state index in [1.807, 2.05) is 31.2 Å². The third kappa shape index (κ3) is 4.09. The van der Waals surface area contributed by atoms with E-state index in [-0.39, 0.29) is 5.92 Å². The molecule has 0 saturated heterocycles. The van der Waals surface area contributed by atoms with Crippen molar-refractivity contribution >= 4 is 17.2 Å². The summed E-state index contributed by atoms with van der Waals surface area (Å²) in [6, 6.07) is 8.47. The van der Waals surface area contributed by atoms with Crippen LogP contribution >= 0.6 is 11.3 Å². The van der Waals surface area contributed by atoms with Crippen LogP contribution < -0.4 is 4.74 Å². The van der Waals surface area contributed by atoms with Gasteiger partial charge in [0.1, 0.15) is 17.4 Å². The number of carbonyl (C=O) groups excluding carboxylic acids is 1. The SMILES string of the molecule is Cc1ccccc1OCc1nc(CN(C(=O)C2CCCC2)C2CC2)cs1. The smallest absolute Gasteiger partial charge is 0.226 e. The first kappa shape index (κ1) is 17.5. The minimum absolute atomic E-state index is 0.248. The molecule has 2 aliphatic carbocycles. The number of amides is 1. The van der Waals surface area contributed by atoms with Gasteiger partial charge in [-0.1, -0.05) is 31.0 Å². The molecule has 1 heterocycles. The van der Waals surface area contributed by atoms with Gasteiger partial charge in [-0.3, -0.25) is 4.79 Å². The summed E-state index contributed by atoms with van der Waals surface area (Å²) in [5, 5.41) is 3.04. The van der Waals surface area contributed by atoms with E-state index in [0.29, 0.717) is 25.1 Å². The van der Waals surface area contributed by atoms with Crippen molar-refractivity contribution in [1.29, 1.82) is 0 Å². The average Bonchev–Trinajstić information content (AvgIpc) is 3.16. The van der Waals surface area contributed by atoms with Crippen molar-refractivity contribution < 1.29 is 9.53 Å². The Hall–Kier alpha value is -1.88. The van der Waals surface area contributed by atoms with Crippen LogP contribution in [-0.4, -0.2) is 21.8 Å². The number of hydrogen-bond donors (Lipinski definition) is 0. The predicted molar refractivity (Wildman–Crippen MR) is 103 cm³/mol. The zero-order valence-electron chi connectivity index (χ0n) is 15.3. The molecular formula is C21H26N2O2S. The molecule has 0 atom stereocenters. The predicted octanol–water partition coefficient (Wildman–Crippen LogP) is 4.71. The fraction of sp³-hybridized carbons (Fsp3) is 0.524. The van der Waals surface area contributed by atoms with E-state index in [1.54, 1.807) is 11.3 Å². The Kier molecular flexibility index (Phi) is 5.25. The molecule has 5 heteroatoms. The molecular weight excluding hydrogens is 344 g/mol. The van der Waals surface area contributed by atoms with Crippen molar-refractivity contribution in [3.05, 3.63) is 45.9 Å². The van der Waals surface area contributed by atoms with Crippen LogP contribution in [0.2, 0.25) is 0 Å². The highest BCUT2D eigenvalue weighted by Crippen LogP contribution is 2.34. The van der Waals surface area contributed by atoms with Crippen molar-refractivity contribution in [2.75, 3.05) is 0 Å². The first-order chi connectivity index (χ1) is 12.7. The van der Waals surface area contributed by atoms with Crippen LogP contribution in [0.5, 0.6) is 5.75 Å². The zero-order chi connectivity index (χ0) is 17.9. The molecule has 138 valence electrons. The summed E-state index contributed by atoms with van der Waals surface area (Å²) in [6.45, 7) is 3.18. The summed E-state index contributed by atoms with van der Waals surface area (Å²) in [4.78, 5) is 19.7. The van der Waals surface area contributed by atoms with Crippen LogP contribution in [0.25, 0.3) is 0 Å². The number of carbonyl (C=O) groups is 1. The third-order valence-electron chi connectivity index (χ3n) is 5.35. The van der Waals surface area contributed by atoms with Crippen molar-refractivity contribution in [3.63, 3.8) is 0 Å². The molecule has 0 unspecified atom stereocenters. The second kappa shape index (κ2) is 7.78. The Balaban J connectivity index is 1.37. The normalized spacial score (nSPS) is 17.4. The van der Waals surface area contributed by atoms with Crippen LogP contribution in [0.4, 0.5) is 0 Å². The topological polar surface area (TPSA) is 42.4 Å². The van der Waals surface area contributed by atoms with Crippen LogP contribution in [0.3, 0.4) is 0 Å². The van der Waals surface area contributed by atoms with Crippen LogP contribution in [0, 0.1) is 12.8 Å². The maximum absolute atomic E-state index is 12.9. The molecule has 2 saturated carbocycles. The van der Waals surface area contributed by atoms with Crippen LogP contribution in [-0.2, 0) is 17.9 Å². The first-order valence-electron chi connectivity index (χ1n) is 9.63. The molecule has 0 radical (unpaired) electrons. The Morgan fingerprint density at radius 2 is 2.00 bits per heavy atom. The van der Waals surface area contributed by atoms with Crippen molar-refractivity contribution in [1.82, 2.24) is 9.88 Å². The Labute approximate surface area is 159 Å².